The third-order valence-corrected chi connectivity index (χ3v) is 4.79. The summed E-state index contributed by atoms with van der Waals surface area (Å²) in [6.45, 7) is 3.00. The van der Waals surface area contributed by atoms with Crippen LogP contribution in [0.5, 0.6) is 0 Å². The van der Waals surface area contributed by atoms with Crippen LogP contribution in [0.15, 0.2) is 12.4 Å². The Hall–Kier alpha value is -0.880. The first-order valence-corrected chi connectivity index (χ1v) is 6.41. The Labute approximate surface area is 89.6 Å². The number of aryl methyl sites for hydroxylation is 1. The molecule has 0 aliphatic carbocycles. The van der Waals surface area contributed by atoms with Crippen LogP contribution < -0.4 is 0 Å². The number of nitrogens with zero attached hydrogens (tertiary/aromatic N) is 2. The van der Waals surface area contributed by atoms with E-state index in [9.17, 15) is 13.5 Å². The maximum atomic E-state index is 11.5. The van der Waals surface area contributed by atoms with Crippen molar-refractivity contribution in [2.75, 3.05) is 6.26 Å². The molecule has 0 fully saturated rings. The lowest BCUT2D eigenvalue weighted by molar-refractivity contribution is 0.139. The van der Waals surface area contributed by atoms with E-state index in [1.54, 1.807) is 13.2 Å². The lowest BCUT2D eigenvalue weighted by Crippen LogP contribution is -2.37. The maximum absolute atomic E-state index is 11.5. The molecule has 0 saturated carbocycles. The number of rotatable bonds is 3. The lowest BCUT2D eigenvalue weighted by Gasteiger charge is -2.27. The SMILES string of the molecule is Cn1cc(C(O)C(C)(C)S(C)(=O)=O)cn1. The van der Waals surface area contributed by atoms with E-state index in [1.807, 2.05) is 0 Å². The monoisotopic (exact) mass is 232 g/mol. The van der Waals surface area contributed by atoms with Crippen molar-refractivity contribution >= 4 is 9.84 Å². The van der Waals surface area contributed by atoms with Crippen molar-refractivity contribution < 1.29 is 13.5 Å². The summed E-state index contributed by atoms with van der Waals surface area (Å²) in [5.41, 5.74) is 0.507. The molecule has 0 bridgehead atoms. The summed E-state index contributed by atoms with van der Waals surface area (Å²) >= 11 is 0. The van der Waals surface area contributed by atoms with Crippen LogP contribution in [-0.4, -0.2) is 34.3 Å². The molecule has 1 atom stereocenters. The predicted molar refractivity (Wildman–Crippen MR) is 57.1 cm³/mol. The van der Waals surface area contributed by atoms with E-state index in [2.05, 4.69) is 5.10 Å². The van der Waals surface area contributed by atoms with Crippen LogP contribution in [0.4, 0.5) is 0 Å². The van der Waals surface area contributed by atoms with Gasteiger partial charge in [0.2, 0.25) is 0 Å². The van der Waals surface area contributed by atoms with Gasteiger partial charge in [0, 0.05) is 25.1 Å². The van der Waals surface area contributed by atoms with Crippen molar-refractivity contribution in [3.05, 3.63) is 18.0 Å². The molecule has 1 rings (SSSR count). The van der Waals surface area contributed by atoms with Gasteiger partial charge in [0.15, 0.2) is 9.84 Å². The van der Waals surface area contributed by atoms with E-state index in [1.165, 1.54) is 24.7 Å². The third kappa shape index (κ3) is 2.21. The summed E-state index contributed by atoms with van der Waals surface area (Å²) in [4.78, 5) is 0. The predicted octanol–water partition coefficient (Wildman–Crippen LogP) is 0.277. The van der Waals surface area contributed by atoms with Crippen LogP contribution in [0.1, 0.15) is 25.5 Å². The standard InChI is InChI=1S/C9H16N2O3S/c1-9(2,15(4,13)14)8(12)7-5-10-11(3)6-7/h5-6,8,12H,1-4H3. The van der Waals surface area contributed by atoms with Gasteiger partial charge >= 0.3 is 0 Å². The number of sulfone groups is 1. The number of hydrogen-bond donors (Lipinski definition) is 1. The summed E-state index contributed by atoms with van der Waals surface area (Å²) < 4.78 is 23.3. The second-order valence-corrected chi connectivity index (χ2v) is 6.82. The first-order valence-electron chi connectivity index (χ1n) is 4.52. The largest absolute Gasteiger partial charge is 0.387 e. The minimum Gasteiger partial charge on any atom is -0.387 e. The first kappa shape index (κ1) is 12.2. The van der Waals surface area contributed by atoms with Crippen molar-refractivity contribution in [2.45, 2.75) is 24.7 Å². The molecule has 15 heavy (non-hydrogen) atoms. The second kappa shape index (κ2) is 3.61. The molecule has 0 aromatic carbocycles. The van der Waals surface area contributed by atoms with Crippen molar-refractivity contribution in [2.24, 2.45) is 7.05 Å². The molecule has 0 saturated heterocycles. The molecule has 0 amide bonds. The van der Waals surface area contributed by atoms with Crippen molar-refractivity contribution in [3.8, 4) is 0 Å². The second-order valence-electron chi connectivity index (χ2n) is 4.23. The highest BCUT2D eigenvalue weighted by molar-refractivity contribution is 7.92. The Morgan fingerprint density at radius 3 is 2.40 bits per heavy atom. The molecule has 0 aliphatic heterocycles. The van der Waals surface area contributed by atoms with Gasteiger partial charge in [-0.05, 0) is 13.8 Å². The fraction of sp³-hybridized carbons (Fsp3) is 0.667. The van der Waals surface area contributed by atoms with Crippen molar-refractivity contribution in [1.29, 1.82) is 0 Å². The molecule has 1 unspecified atom stereocenters. The zero-order valence-electron chi connectivity index (χ0n) is 9.30. The molecule has 0 aliphatic rings. The van der Waals surface area contributed by atoms with E-state index in [4.69, 9.17) is 0 Å². The van der Waals surface area contributed by atoms with Gasteiger partial charge in [-0.1, -0.05) is 0 Å². The topological polar surface area (TPSA) is 72.2 Å². The Morgan fingerprint density at radius 2 is 2.07 bits per heavy atom. The average Bonchev–Trinajstić information content (AvgIpc) is 2.48. The van der Waals surface area contributed by atoms with Gasteiger partial charge < -0.3 is 5.11 Å². The van der Waals surface area contributed by atoms with Crippen molar-refractivity contribution in [1.82, 2.24) is 9.78 Å². The molecule has 1 N–H and O–H groups in total. The van der Waals surface area contributed by atoms with Gasteiger partial charge in [0.05, 0.1) is 10.9 Å². The highest BCUT2D eigenvalue weighted by Gasteiger charge is 2.39. The van der Waals surface area contributed by atoms with Crippen LogP contribution in [0.25, 0.3) is 0 Å². The van der Waals surface area contributed by atoms with E-state index < -0.39 is 20.7 Å². The summed E-state index contributed by atoms with van der Waals surface area (Å²) in [6.07, 6.45) is 3.13. The Balaban J connectivity index is 3.10. The average molecular weight is 232 g/mol. The van der Waals surface area contributed by atoms with Gasteiger partial charge in [-0.15, -0.1) is 0 Å². The van der Waals surface area contributed by atoms with Crippen LogP contribution in [0.3, 0.4) is 0 Å². The quantitative estimate of drug-likeness (QED) is 0.812. The van der Waals surface area contributed by atoms with Crippen molar-refractivity contribution in [3.63, 3.8) is 0 Å². The molecule has 0 spiro atoms. The highest BCUT2D eigenvalue weighted by Crippen LogP contribution is 2.31. The summed E-state index contributed by atoms with van der Waals surface area (Å²) in [7, 11) is -1.62. The molecule has 86 valence electrons. The van der Waals surface area contributed by atoms with Crippen LogP contribution >= 0.6 is 0 Å². The Bertz CT molecular complexity index is 448. The van der Waals surface area contributed by atoms with E-state index in [0.29, 0.717) is 5.56 Å². The molecule has 1 aromatic rings. The molecular formula is C9H16N2O3S. The minimum absolute atomic E-state index is 0.507. The smallest absolute Gasteiger partial charge is 0.155 e. The number of hydrogen-bond acceptors (Lipinski definition) is 4. The van der Waals surface area contributed by atoms with Crippen LogP contribution in [0.2, 0.25) is 0 Å². The zero-order chi connectivity index (χ0) is 11.9. The molecule has 0 radical (unpaired) electrons. The maximum Gasteiger partial charge on any atom is 0.155 e. The summed E-state index contributed by atoms with van der Waals surface area (Å²) in [5, 5.41) is 13.9. The lowest BCUT2D eigenvalue weighted by atomic mass is 10.0. The van der Waals surface area contributed by atoms with E-state index in [0.717, 1.165) is 6.26 Å². The third-order valence-electron chi connectivity index (χ3n) is 2.65. The van der Waals surface area contributed by atoms with E-state index in [-0.39, 0.29) is 0 Å². The number of aliphatic hydroxyl groups is 1. The number of aliphatic hydroxyl groups excluding tert-OH is 1. The fourth-order valence-electron chi connectivity index (χ4n) is 1.19. The molecule has 1 heterocycles. The highest BCUT2D eigenvalue weighted by atomic mass is 32.2. The normalized spacial score (nSPS) is 15.3. The molecule has 5 nitrogen and oxygen atoms in total. The first-order chi connectivity index (χ1) is 6.66. The molecule has 1 aromatic heterocycles. The van der Waals surface area contributed by atoms with Gasteiger partial charge in [0.25, 0.3) is 0 Å². The summed E-state index contributed by atoms with van der Waals surface area (Å²) in [5.74, 6) is 0. The number of aromatic nitrogens is 2. The minimum atomic E-state index is -3.33. The van der Waals surface area contributed by atoms with Gasteiger partial charge in [0.1, 0.15) is 6.10 Å². The van der Waals surface area contributed by atoms with Gasteiger partial charge in [-0.25, -0.2) is 8.42 Å². The van der Waals surface area contributed by atoms with Gasteiger partial charge in [-0.2, -0.15) is 5.10 Å². The fourth-order valence-corrected chi connectivity index (χ4v) is 1.73. The van der Waals surface area contributed by atoms with Crippen LogP contribution in [-0.2, 0) is 16.9 Å². The Morgan fingerprint density at radius 1 is 1.53 bits per heavy atom. The zero-order valence-corrected chi connectivity index (χ0v) is 10.1. The van der Waals surface area contributed by atoms with Crippen LogP contribution in [0, 0.1) is 0 Å². The Kier molecular flexibility index (Phi) is 2.93. The summed E-state index contributed by atoms with van der Waals surface area (Å²) in [6, 6.07) is 0. The van der Waals surface area contributed by atoms with Gasteiger partial charge in [-0.3, -0.25) is 4.68 Å². The van der Waals surface area contributed by atoms with E-state index >= 15 is 0 Å². The molecular weight excluding hydrogens is 216 g/mol. The molecule has 6 heteroatoms.